The average Bonchev–Trinajstić information content (AvgIpc) is 2.18. The summed E-state index contributed by atoms with van der Waals surface area (Å²) in [5, 5.41) is 3.81. The van der Waals surface area contributed by atoms with Crippen molar-refractivity contribution in [3.05, 3.63) is 28.8 Å². The summed E-state index contributed by atoms with van der Waals surface area (Å²) < 4.78 is 5.09. The first-order valence-electron chi connectivity index (χ1n) is 4.67. The number of benzene rings is 1. The van der Waals surface area contributed by atoms with Gasteiger partial charge in [0.2, 0.25) is 0 Å². The van der Waals surface area contributed by atoms with Crippen molar-refractivity contribution >= 4 is 11.6 Å². The lowest BCUT2D eigenvalue weighted by atomic mass is 10.0. The highest BCUT2D eigenvalue weighted by atomic mass is 35.5. The van der Waals surface area contributed by atoms with Gasteiger partial charge in [-0.3, -0.25) is 0 Å². The van der Waals surface area contributed by atoms with Gasteiger partial charge in [0.25, 0.3) is 0 Å². The van der Waals surface area contributed by atoms with E-state index < -0.39 is 0 Å². The molecule has 14 heavy (non-hydrogen) atoms. The maximum Gasteiger partial charge on any atom is 0.137 e. The molecule has 0 spiro atoms. The largest absolute Gasteiger partial charge is 0.495 e. The SMILES string of the molecule is CNCC(C)c1ccc(OC)c(Cl)c1. The topological polar surface area (TPSA) is 21.3 Å². The van der Waals surface area contributed by atoms with E-state index >= 15 is 0 Å². The lowest BCUT2D eigenvalue weighted by Crippen LogP contribution is -2.14. The van der Waals surface area contributed by atoms with Gasteiger partial charge in [0.05, 0.1) is 12.1 Å². The van der Waals surface area contributed by atoms with E-state index in [-0.39, 0.29) is 0 Å². The maximum atomic E-state index is 6.03. The van der Waals surface area contributed by atoms with Crippen LogP contribution in [-0.2, 0) is 0 Å². The number of halogens is 1. The summed E-state index contributed by atoms with van der Waals surface area (Å²) in [6.45, 7) is 3.11. The van der Waals surface area contributed by atoms with Crippen LogP contribution in [0.25, 0.3) is 0 Å². The first-order chi connectivity index (χ1) is 6.69. The highest BCUT2D eigenvalue weighted by Crippen LogP contribution is 2.27. The summed E-state index contributed by atoms with van der Waals surface area (Å²) in [5.74, 6) is 1.19. The molecule has 0 saturated heterocycles. The van der Waals surface area contributed by atoms with E-state index in [9.17, 15) is 0 Å². The minimum atomic E-state index is 0.461. The molecule has 2 nitrogen and oxygen atoms in total. The molecule has 1 rings (SSSR count). The molecule has 0 amide bonds. The van der Waals surface area contributed by atoms with Crippen molar-refractivity contribution in [1.82, 2.24) is 5.32 Å². The number of rotatable bonds is 4. The van der Waals surface area contributed by atoms with Gasteiger partial charge in [-0.1, -0.05) is 24.6 Å². The fraction of sp³-hybridized carbons (Fsp3) is 0.455. The summed E-state index contributed by atoms with van der Waals surface area (Å²) in [7, 11) is 3.57. The van der Waals surface area contributed by atoms with Crippen molar-refractivity contribution in [3.8, 4) is 5.75 Å². The Kier molecular flexibility index (Phi) is 4.23. The molecule has 78 valence electrons. The van der Waals surface area contributed by atoms with E-state index in [4.69, 9.17) is 16.3 Å². The van der Waals surface area contributed by atoms with Gasteiger partial charge in [0, 0.05) is 6.54 Å². The molecule has 0 fully saturated rings. The molecule has 1 N–H and O–H groups in total. The zero-order chi connectivity index (χ0) is 10.6. The first-order valence-corrected chi connectivity index (χ1v) is 5.05. The molecule has 0 bridgehead atoms. The molecular formula is C11H16ClNO. The molecule has 1 aromatic carbocycles. The Hall–Kier alpha value is -0.730. The summed E-state index contributed by atoms with van der Waals surface area (Å²) >= 11 is 6.03. The minimum absolute atomic E-state index is 0.461. The number of hydrogen-bond donors (Lipinski definition) is 1. The summed E-state index contributed by atoms with van der Waals surface area (Å²) in [4.78, 5) is 0. The van der Waals surface area contributed by atoms with Gasteiger partial charge in [0.15, 0.2) is 0 Å². The lowest BCUT2D eigenvalue weighted by molar-refractivity contribution is 0.414. The van der Waals surface area contributed by atoms with Crippen LogP contribution in [0, 0.1) is 0 Å². The zero-order valence-corrected chi connectivity index (χ0v) is 9.56. The molecule has 0 heterocycles. The van der Waals surface area contributed by atoms with E-state index in [1.807, 2.05) is 25.2 Å². The third-order valence-corrected chi connectivity index (χ3v) is 2.55. The molecule has 0 aliphatic heterocycles. The van der Waals surface area contributed by atoms with Crippen LogP contribution in [0.4, 0.5) is 0 Å². The van der Waals surface area contributed by atoms with Crippen LogP contribution in [0.5, 0.6) is 5.75 Å². The van der Waals surface area contributed by atoms with Crippen molar-refractivity contribution in [2.75, 3.05) is 20.7 Å². The molecular weight excluding hydrogens is 198 g/mol. The molecule has 1 aromatic rings. The van der Waals surface area contributed by atoms with Gasteiger partial charge >= 0.3 is 0 Å². The van der Waals surface area contributed by atoms with Crippen LogP contribution >= 0.6 is 11.6 Å². The van der Waals surface area contributed by atoms with Crippen LogP contribution in [0.1, 0.15) is 18.4 Å². The first kappa shape index (κ1) is 11.3. The number of ether oxygens (including phenoxy) is 1. The van der Waals surface area contributed by atoms with Crippen molar-refractivity contribution in [1.29, 1.82) is 0 Å². The monoisotopic (exact) mass is 213 g/mol. The smallest absolute Gasteiger partial charge is 0.137 e. The predicted molar refractivity (Wildman–Crippen MR) is 60.3 cm³/mol. The maximum absolute atomic E-state index is 6.03. The Morgan fingerprint density at radius 1 is 1.50 bits per heavy atom. The van der Waals surface area contributed by atoms with Crippen LogP contribution in [0.15, 0.2) is 18.2 Å². The zero-order valence-electron chi connectivity index (χ0n) is 8.80. The molecule has 1 atom stereocenters. The Balaban J connectivity index is 2.85. The molecule has 3 heteroatoms. The molecule has 0 aliphatic rings. The molecule has 0 aromatic heterocycles. The summed E-state index contributed by atoms with van der Waals surface area (Å²) in [5.41, 5.74) is 1.23. The highest BCUT2D eigenvalue weighted by Gasteiger charge is 2.07. The fourth-order valence-electron chi connectivity index (χ4n) is 1.41. The average molecular weight is 214 g/mol. The second-order valence-electron chi connectivity index (χ2n) is 3.35. The fourth-order valence-corrected chi connectivity index (χ4v) is 1.68. The quantitative estimate of drug-likeness (QED) is 0.831. The predicted octanol–water partition coefficient (Wildman–Crippen LogP) is 2.67. The number of likely N-dealkylation sites (N-methyl/N-ethyl adjacent to an activating group) is 1. The third kappa shape index (κ3) is 2.63. The van der Waals surface area contributed by atoms with Gasteiger partial charge in [-0.05, 0) is 30.7 Å². The Bertz CT molecular complexity index is 301. The van der Waals surface area contributed by atoms with E-state index in [1.165, 1.54) is 5.56 Å². The van der Waals surface area contributed by atoms with Gasteiger partial charge in [-0.2, -0.15) is 0 Å². The van der Waals surface area contributed by atoms with Gasteiger partial charge in [-0.15, -0.1) is 0 Å². The van der Waals surface area contributed by atoms with Crippen LogP contribution in [0.3, 0.4) is 0 Å². The Morgan fingerprint density at radius 2 is 2.21 bits per heavy atom. The van der Waals surface area contributed by atoms with E-state index in [0.717, 1.165) is 12.3 Å². The summed E-state index contributed by atoms with van der Waals surface area (Å²) in [6.07, 6.45) is 0. The van der Waals surface area contributed by atoms with Crippen LogP contribution in [0.2, 0.25) is 5.02 Å². The highest BCUT2D eigenvalue weighted by molar-refractivity contribution is 6.32. The van der Waals surface area contributed by atoms with E-state index in [1.54, 1.807) is 7.11 Å². The lowest BCUT2D eigenvalue weighted by Gasteiger charge is -2.12. The van der Waals surface area contributed by atoms with Crippen molar-refractivity contribution < 1.29 is 4.74 Å². The third-order valence-electron chi connectivity index (χ3n) is 2.26. The van der Waals surface area contributed by atoms with Crippen LogP contribution < -0.4 is 10.1 Å². The molecule has 0 saturated carbocycles. The van der Waals surface area contributed by atoms with Gasteiger partial charge < -0.3 is 10.1 Å². The van der Waals surface area contributed by atoms with E-state index in [2.05, 4.69) is 12.2 Å². The van der Waals surface area contributed by atoms with Crippen molar-refractivity contribution in [3.63, 3.8) is 0 Å². The Labute approximate surface area is 90.2 Å². The molecule has 0 radical (unpaired) electrons. The molecule has 0 aliphatic carbocycles. The summed E-state index contributed by atoms with van der Waals surface area (Å²) in [6, 6.07) is 5.92. The number of methoxy groups -OCH3 is 1. The van der Waals surface area contributed by atoms with E-state index in [0.29, 0.717) is 10.9 Å². The van der Waals surface area contributed by atoms with Crippen molar-refractivity contribution in [2.24, 2.45) is 0 Å². The van der Waals surface area contributed by atoms with Gasteiger partial charge in [-0.25, -0.2) is 0 Å². The normalized spacial score (nSPS) is 12.6. The van der Waals surface area contributed by atoms with Crippen LogP contribution in [-0.4, -0.2) is 20.7 Å². The number of nitrogens with one attached hydrogen (secondary N) is 1. The number of hydrogen-bond acceptors (Lipinski definition) is 2. The minimum Gasteiger partial charge on any atom is -0.495 e. The Morgan fingerprint density at radius 3 is 2.71 bits per heavy atom. The second-order valence-corrected chi connectivity index (χ2v) is 3.76. The van der Waals surface area contributed by atoms with Crippen molar-refractivity contribution in [2.45, 2.75) is 12.8 Å². The standard InChI is InChI=1S/C11H16ClNO/c1-8(7-13-2)9-4-5-11(14-3)10(12)6-9/h4-6,8,13H,7H2,1-3H3. The van der Waals surface area contributed by atoms with Gasteiger partial charge in [0.1, 0.15) is 5.75 Å². The molecule has 1 unspecified atom stereocenters. The second kappa shape index (κ2) is 5.23.